The van der Waals surface area contributed by atoms with Crippen molar-refractivity contribution in [2.45, 2.75) is 57.9 Å². The van der Waals surface area contributed by atoms with E-state index in [1.165, 1.54) is 32.1 Å². The topological polar surface area (TPSA) is 12.0 Å². The van der Waals surface area contributed by atoms with Gasteiger partial charge in [-0.15, -0.1) is 0 Å². The summed E-state index contributed by atoms with van der Waals surface area (Å²) in [5.74, 6) is 0.814. The summed E-state index contributed by atoms with van der Waals surface area (Å²) in [5, 5.41) is 3.51. The second kappa shape index (κ2) is 6.20. The Labute approximate surface area is 106 Å². The molecule has 0 amide bonds. The molecule has 0 spiro atoms. The quantitative estimate of drug-likeness (QED) is 0.758. The molecule has 0 saturated heterocycles. The Morgan fingerprint density at radius 1 is 1.29 bits per heavy atom. The molecule has 0 radical (unpaired) electrons. The summed E-state index contributed by atoms with van der Waals surface area (Å²) < 4.78 is 0. The fourth-order valence-electron chi connectivity index (χ4n) is 2.89. The lowest BCUT2D eigenvalue weighted by atomic mass is 9.80. The molecule has 1 aliphatic carbocycles. The molecular formula is C16H25N. The summed E-state index contributed by atoms with van der Waals surface area (Å²) in [6, 6.07) is 9.65. The zero-order chi connectivity index (χ0) is 12.1. The highest BCUT2D eigenvalue weighted by atomic mass is 14.9. The molecule has 1 nitrogen and oxygen atoms in total. The van der Waals surface area contributed by atoms with Gasteiger partial charge < -0.3 is 5.32 Å². The molecular weight excluding hydrogens is 206 g/mol. The van der Waals surface area contributed by atoms with E-state index in [0.29, 0.717) is 6.04 Å². The molecule has 1 aromatic rings. The molecule has 0 saturated carbocycles. The van der Waals surface area contributed by atoms with Crippen LogP contribution in [-0.4, -0.2) is 12.6 Å². The van der Waals surface area contributed by atoms with Crippen LogP contribution in [0, 0.1) is 0 Å². The zero-order valence-corrected chi connectivity index (χ0v) is 11.2. The SMILES string of the molecule is CC(C)NCCCC1CCCc2ccccc21. The van der Waals surface area contributed by atoms with E-state index in [0.717, 1.165) is 12.5 Å². The molecule has 1 unspecified atom stereocenters. The first-order chi connectivity index (χ1) is 8.27. The normalized spacial score (nSPS) is 19.4. The molecule has 1 heteroatoms. The van der Waals surface area contributed by atoms with Crippen molar-refractivity contribution in [2.75, 3.05) is 6.54 Å². The van der Waals surface area contributed by atoms with Gasteiger partial charge in [0.05, 0.1) is 0 Å². The Bertz CT molecular complexity index is 343. The van der Waals surface area contributed by atoms with Crippen molar-refractivity contribution in [3.05, 3.63) is 35.4 Å². The molecule has 0 aromatic heterocycles. The maximum atomic E-state index is 3.51. The fourth-order valence-corrected chi connectivity index (χ4v) is 2.89. The minimum absolute atomic E-state index is 0.619. The van der Waals surface area contributed by atoms with Gasteiger partial charge in [-0.2, -0.15) is 0 Å². The maximum Gasteiger partial charge on any atom is 0.00103 e. The third kappa shape index (κ3) is 3.57. The van der Waals surface area contributed by atoms with E-state index in [1.807, 2.05) is 0 Å². The molecule has 1 aliphatic rings. The molecule has 1 N–H and O–H groups in total. The number of hydrogen-bond donors (Lipinski definition) is 1. The number of aryl methyl sites for hydroxylation is 1. The van der Waals surface area contributed by atoms with Gasteiger partial charge in [-0.3, -0.25) is 0 Å². The van der Waals surface area contributed by atoms with Crippen molar-refractivity contribution in [1.29, 1.82) is 0 Å². The second-order valence-corrected chi connectivity index (χ2v) is 5.54. The summed E-state index contributed by atoms with van der Waals surface area (Å²) in [6.45, 7) is 5.60. The van der Waals surface area contributed by atoms with E-state index in [1.54, 1.807) is 11.1 Å². The average Bonchev–Trinajstić information content (AvgIpc) is 2.34. The first kappa shape index (κ1) is 12.6. The molecule has 0 fully saturated rings. The Morgan fingerprint density at radius 3 is 2.94 bits per heavy atom. The summed E-state index contributed by atoms with van der Waals surface area (Å²) >= 11 is 0. The first-order valence-electron chi connectivity index (χ1n) is 7.08. The van der Waals surface area contributed by atoms with E-state index < -0.39 is 0 Å². The van der Waals surface area contributed by atoms with Crippen LogP contribution in [-0.2, 0) is 6.42 Å². The highest BCUT2D eigenvalue weighted by Crippen LogP contribution is 2.34. The van der Waals surface area contributed by atoms with Crippen molar-refractivity contribution in [3.63, 3.8) is 0 Å². The third-order valence-electron chi connectivity index (χ3n) is 3.78. The van der Waals surface area contributed by atoms with E-state index >= 15 is 0 Å². The Morgan fingerprint density at radius 2 is 2.12 bits per heavy atom. The smallest absolute Gasteiger partial charge is 0.00103 e. The predicted molar refractivity (Wildman–Crippen MR) is 74.5 cm³/mol. The standard InChI is InChI=1S/C16H25N/c1-13(2)17-12-6-10-15-9-5-8-14-7-3-4-11-16(14)15/h3-4,7,11,13,15,17H,5-6,8-10,12H2,1-2H3. The minimum atomic E-state index is 0.619. The summed E-state index contributed by atoms with van der Waals surface area (Å²) in [7, 11) is 0. The minimum Gasteiger partial charge on any atom is -0.315 e. The van der Waals surface area contributed by atoms with Gasteiger partial charge in [0, 0.05) is 6.04 Å². The van der Waals surface area contributed by atoms with Crippen LogP contribution in [0.1, 0.15) is 56.6 Å². The molecule has 94 valence electrons. The van der Waals surface area contributed by atoms with Crippen LogP contribution < -0.4 is 5.32 Å². The number of benzene rings is 1. The van der Waals surface area contributed by atoms with Crippen molar-refractivity contribution < 1.29 is 0 Å². The fraction of sp³-hybridized carbons (Fsp3) is 0.625. The third-order valence-corrected chi connectivity index (χ3v) is 3.78. The molecule has 0 aliphatic heterocycles. The summed E-state index contributed by atoms with van der Waals surface area (Å²) in [5.41, 5.74) is 3.23. The van der Waals surface area contributed by atoms with Crippen LogP contribution in [0.5, 0.6) is 0 Å². The number of rotatable bonds is 5. The van der Waals surface area contributed by atoms with E-state index in [4.69, 9.17) is 0 Å². The highest BCUT2D eigenvalue weighted by Gasteiger charge is 2.18. The molecule has 0 heterocycles. The molecule has 1 atom stereocenters. The predicted octanol–water partition coefficient (Wildman–Crippen LogP) is 3.88. The van der Waals surface area contributed by atoms with E-state index in [-0.39, 0.29) is 0 Å². The van der Waals surface area contributed by atoms with Crippen molar-refractivity contribution in [2.24, 2.45) is 0 Å². The van der Waals surface area contributed by atoms with Gasteiger partial charge in [-0.25, -0.2) is 0 Å². The van der Waals surface area contributed by atoms with Crippen molar-refractivity contribution in [1.82, 2.24) is 5.32 Å². The largest absolute Gasteiger partial charge is 0.315 e. The average molecular weight is 231 g/mol. The van der Waals surface area contributed by atoms with Gasteiger partial charge in [0.25, 0.3) is 0 Å². The summed E-state index contributed by atoms with van der Waals surface area (Å²) in [6.07, 6.45) is 6.70. The molecule has 0 bridgehead atoms. The first-order valence-corrected chi connectivity index (χ1v) is 7.08. The lowest BCUT2D eigenvalue weighted by Crippen LogP contribution is -2.24. The lowest BCUT2D eigenvalue weighted by molar-refractivity contribution is 0.479. The zero-order valence-electron chi connectivity index (χ0n) is 11.2. The highest BCUT2D eigenvalue weighted by molar-refractivity contribution is 5.32. The van der Waals surface area contributed by atoms with Gasteiger partial charge in [-0.05, 0) is 55.7 Å². The van der Waals surface area contributed by atoms with Gasteiger partial charge in [-0.1, -0.05) is 38.1 Å². The van der Waals surface area contributed by atoms with Crippen LogP contribution in [0.4, 0.5) is 0 Å². The Kier molecular flexibility index (Phi) is 4.61. The monoisotopic (exact) mass is 231 g/mol. The van der Waals surface area contributed by atoms with Crippen molar-refractivity contribution >= 4 is 0 Å². The summed E-state index contributed by atoms with van der Waals surface area (Å²) in [4.78, 5) is 0. The van der Waals surface area contributed by atoms with Crippen LogP contribution in [0.15, 0.2) is 24.3 Å². The van der Waals surface area contributed by atoms with Gasteiger partial charge in [0.2, 0.25) is 0 Å². The van der Waals surface area contributed by atoms with Crippen LogP contribution in [0.2, 0.25) is 0 Å². The van der Waals surface area contributed by atoms with Gasteiger partial charge in [0.1, 0.15) is 0 Å². The molecule has 2 rings (SSSR count). The Balaban J connectivity index is 1.86. The van der Waals surface area contributed by atoms with Crippen LogP contribution >= 0.6 is 0 Å². The second-order valence-electron chi connectivity index (χ2n) is 5.54. The lowest BCUT2D eigenvalue weighted by Gasteiger charge is -2.25. The number of hydrogen-bond acceptors (Lipinski definition) is 1. The van der Waals surface area contributed by atoms with Crippen LogP contribution in [0.3, 0.4) is 0 Å². The maximum absolute atomic E-state index is 3.51. The van der Waals surface area contributed by atoms with Gasteiger partial charge in [0.15, 0.2) is 0 Å². The number of fused-ring (bicyclic) bond motifs is 1. The molecule has 1 aromatic carbocycles. The Hall–Kier alpha value is -0.820. The number of nitrogens with one attached hydrogen (secondary N) is 1. The van der Waals surface area contributed by atoms with Crippen LogP contribution in [0.25, 0.3) is 0 Å². The van der Waals surface area contributed by atoms with E-state index in [9.17, 15) is 0 Å². The molecule has 17 heavy (non-hydrogen) atoms. The van der Waals surface area contributed by atoms with Gasteiger partial charge >= 0.3 is 0 Å². The van der Waals surface area contributed by atoms with E-state index in [2.05, 4.69) is 43.4 Å². The van der Waals surface area contributed by atoms with Crippen molar-refractivity contribution in [3.8, 4) is 0 Å².